The molecule has 1 saturated heterocycles. The average Bonchev–Trinajstić information content (AvgIpc) is 3.31. The van der Waals surface area contributed by atoms with Gasteiger partial charge in [-0.25, -0.2) is 9.78 Å². The van der Waals surface area contributed by atoms with Gasteiger partial charge in [0.05, 0.1) is 10.7 Å². The fourth-order valence-electron chi connectivity index (χ4n) is 4.60. The maximum absolute atomic E-state index is 13.1. The lowest BCUT2D eigenvalue weighted by Crippen LogP contribution is -2.50. The highest BCUT2D eigenvalue weighted by molar-refractivity contribution is 7.13. The van der Waals surface area contributed by atoms with Gasteiger partial charge in [-0.15, -0.1) is 11.3 Å². The first-order chi connectivity index (χ1) is 15.6. The molecule has 7 nitrogen and oxygen atoms in total. The molecule has 0 atom stereocenters. The maximum atomic E-state index is 13.1. The van der Waals surface area contributed by atoms with Crippen LogP contribution >= 0.6 is 22.9 Å². The molecule has 1 N–H and O–H groups in total. The summed E-state index contributed by atoms with van der Waals surface area (Å²) in [6, 6.07) is 6.86. The van der Waals surface area contributed by atoms with Gasteiger partial charge in [-0.1, -0.05) is 50.6 Å². The number of amides is 3. The van der Waals surface area contributed by atoms with Gasteiger partial charge in [0.2, 0.25) is 0 Å². The van der Waals surface area contributed by atoms with Crippen molar-refractivity contribution in [3.63, 3.8) is 0 Å². The maximum Gasteiger partial charge on any atom is 0.326 e. The van der Waals surface area contributed by atoms with E-state index in [2.05, 4.69) is 31.1 Å². The molecule has 1 aromatic carbocycles. The molecule has 0 radical (unpaired) electrons. The highest BCUT2D eigenvalue weighted by atomic mass is 35.5. The van der Waals surface area contributed by atoms with Crippen molar-refractivity contribution in [2.75, 3.05) is 6.54 Å². The van der Waals surface area contributed by atoms with Crippen molar-refractivity contribution in [2.24, 2.45) is 11.3 Å². The fraction of sp³-hybridized carbons (Fsp3) is 0.500. The number of aromatic nitrogens is 1. The Morgan fingerprint density at radius 2 is 1.97 bits per heavy atom. The predicted octanol–water partition coefficient (Wildman–Crippen LogP) is 5.03. The number of nitrogens with one attached hydrogen (secondary N) is 1. The first-order valence-corrected chi connectivity index (χ1v) is 12.3. The van der Waals surface area contributed by atoms with E-state index in [-0.39, 0.29) is 17.9 Å². The molecule has 1 aliphatic carbocycles. The Morgan fingerprint density at radius 3 is 2.64 bits per heavy atom. The van der Waals surface area contributed by atoms with E-state index in [1.807, 2.05) is 18.2 Å². The van der Waals surface area contributed by atoms with E-state index >= 15 is 0 Å². The molecule has 2 aromatic rings. The highest BCUT2D eigenvalue weighted by Gasteiger charge is 2.53. The van der Waals surface area contributed by atoms with E-state index in [0.29, 0.717) is 29.5 Å². The molecule has 2 fully saturated rings. The minimum absolute atomic E-state index is 0.0398. The van der Waals surface area contributed by atoms with Gasteiger partial charge in [-0.3, -0.25) is 14.5 Å². The first-order valence-electron chi connectivity index (χ1n) is 11.1. The van der Waals surface area contributed by atoms with Crippen molar-refractivity contribution in [3.8, 4) is 10.6 Å². The van der Waals surface area contributed by atoms with Gasteiger partial charge < -0.3 is 10.1 Å². The van der Waals surface area contributed by atoms with E-state index in [0.717, 1.165) is 28.3 Å². The number of halogens is 1. The zero-order valence-electron chi connectivity index (χ0n) is 19.0. The Bertz CT molecular complexity index is 1070. The van der Waals surface area contributed by atoms with Crippen LogP contribution in [0.1, 0.15) is 52.1 Å². The normalized spacial score (nSPS) is 23.2. The zero-order chi connectivity index (χ0) is 23.8. The topological polar surface area (TPSA) is 88.6 Å². The van der Waals surface area contributed by atoms with Gasteiger partial charge >= 0.3 is 12.0 Å². The van der Waals surface area contributed by atoms with Crippen molar-refractivity contribution < 1.29 is 19.1 Å². The number of imide groups is 1. The molecule has 1 aromatic heterocycles. The van der Waals surface area contributed by atoms with Crippen molar-refractivity contribution in [2.45, 2.75) is 58.6 Å². The SMILES string of the molecule is CC(C)(C)C1CCC2(CC1)NC(=O)N(CC(=O)OCc1csc(-c3ccccc3Cl)n1)C2=O. The van der Waals surface area contributed by atoms with Crippen LogP contribution in [0.25, 0.3) is 10.6 Å². The smallest absolute Gasteiger partial charge is 0.326 e. The number of carbonyl (C=O) groups excluding carboxylic acids is 3. The second-order valence-electron chi connectivity index (χ2n) is 9.83. The van der Waals surface area contributed by atoms with E-state index in [1.165, 1.54) is 11.3 Å². The molecular formula is C24H28ClN3O4S. The minimum Gasteiger partial charge on any atom is -0.458 e. The van der Waals surface area contributed by atoms with Crippen LogP contribution in [0.4, 0.5) is 4.79 Å². The molecule has 0 unspecified atom stereocenters. The van der Waals surface area contributed by atoms with Crippen LogP contribution in [-0.2, 0) is 20.9 Å². The molecular weight excluding hydrogens is 462 g/mol. The summed E-state index contributed by atoms with van der Waals surface area (Å²) in [7, 11) is 0. The van der Waals surface area contributed by atoms with E-state index in [1.54, 1.807) is 11.4 Å². The summed E-state index contributed by atoms with van der Waals surface area (Å²) in [5, 5.41) is 5.97. The monoisotopic (exact) mass is 489 g/mol. The fourth-order valence-corrected chi connectivity index (χ4v) is 5.72. The van der Waals surface area contributed by atoms with Gasteiger partial charge in [-0.05, 0) is 43.1 Å². The summed E-state index contributed by atoms with van der Waals surface area (Å²) < 4.78 is 5.30. The predicted molar refractivity (Wildman–Crippen MR) is 127 cm³/mol. The molecule has 176 valence electrons. The summed E-state index contributed by atoms with van der Waals surface area (Å²) in [6.45, 7) is 6.16. The molecule has 9 heteroatoms. The number of thiazole rings is 1. The van der Waals surface area contributed by atoms with Crippen LogP contribution in [0.15, 0.2) is 29.6 Å². The number of benzene rings is 1. The molecule has 0 bridgehead atoms. The third-order valence-electron chi connectivity index (χ3n) is 6.63. The second kappa shape index (κ2) is 9.06. The summed E-state index contributed by atoms with van der Waals surface area (Å²) >= 11 is 7.62. The number of esters is 1. The number of nitrogens with zero attached hydrogens (tertiary/aromatic N) is 2. The molecule has 1 aliphatic heterocycles. The quantitative estimate of drug-likeness (QED) is 0.469. The highest BCUT2D eigenvalue weighted by Crippen LogP contribution is 2.43. The standard InChI is InChI=1S/C24H28ClN3O4S/c1-23(2,3)15-8-10-24(11-9-15)21(30)28(22(31)27-24)12-19(29)32-13-16-14-33-20(26-16)17-6-4-5-7-18(17)25/h4-7,14-15H,8-13H2,1-3H3,(H,27,31). The lowest BCUT2D eigenvalue weighted by atomic mass is 9.67. The molecule has 2 aliphatic rings. The van der Waals surface area contributed by atoms with Crippen LogP contribution < -0.4 is 5.32 Å². The van der Waals surface area contributed by atoms with Gasteiger partial charge in [0.25, 0.3) is 5.91 Å². The van der Waals surface area contributed by atoms with Crippen molar-refractivity contribution in [1.29, 1.82) is 0 Å². The first kappa shape index (κ1) is 23.7. The number of carbonyl (C=O) groups is 3. The van der Waals surface area contributed by atoms with Gasteiger partial charge in [0, 0.05) is 10.9 Å². The van der Waals surface area contributed by atoms with Gasteiger partial charge in [0.1, 0.15) is 23.7 Å². The van der Waals surface area contributed by atoms with Gasteiger partial charge in [-0.2, -0.15) is 0 Å². The van der Waals surface area contributed by atoms with Crippen LogP contribution in [0, 0.1) is 11.3 Å². The van der Waals surface area contributed by atoms with Crippen molar-refractivity contribution >= 4 is 40.8 Å². The Balaban J connectivity index is 1.33. The molecule has 3 amide bonds. The lowest BCUT2D eigenvalue weighted by Gasteiger charge is -2.40. The third-order valence-corrected chi connectivity index (χ3v) is 7.89. The Labute approximate surface area is 202 Å². The molecule has 2 heterocycles. The third kappa shape index (κ3) is 4.92. The van der Waals surface area contributed by atoms with Crippen LogP contribution in [-0.4, -0.2) is 39.9 Å². The van der Waals surface area contributed by atoms with Crippen molar-refractivity contribution in [1.82, 2.24) is 15.2 Å². The van der Waals surface area contributed by atoms with E-state index in [9.17, 15) is 14.4 Å². The number of urea groups is 1. The number of rotatable bonds is 5. The zero-order valence-corrected chi connectivity index (χ0v) is 20.6. The molecule has 4 rings (SSSR count). The van der Waals surface area contributed by atoms with Crippen LogP contribution in [0.3, 0.4) is 0 Å². The second-order valence-corrected chi connectivity index (χ2v) is 11.1. The largest absolute Gasteiger partial charge is 0.458 e. The molecule has 1 spiro atoms. The Morgan fingerprint density at radius 1 is 1.27 bits per heavy atom. The van der Waals surface area contributed by atoms with Crippen LogP contribution in [0.5, 0.6) is 0 Å². The van der Waals surface area contributed by atoms with Crippen molar-refractivity contribution in [3.05, 3.63) is 40.4 Å². The number of ether oxygens (including phenoxy) is 1. The average molecular weight is 490 g/mol. The van der Waals surface area contributed by atoms with Gasteiger partial charge in [0.15, 0.2) is 0 Å². The summed E-state index contributed by atoms with van der Waals surface area (Å²) in [5.74, 6) is -0.474. The Kier molecular flexibility index (Phi) is 6.51. The number of hydrogen-bond acceptors (Lipinski definition) is 6. The minimum atomic E-state index is -0.891. The number of hydrogen-bond donors (Lipinski definition) is 1. The Hall–Kier alpha value is -2.45. The molecule has 33 heavy (non-hydrogen) atoms. The summed E-state index contributed by atoms with van der Waals surface area (Å²) in [4.78, 5) is 43.4. The van der Waals surface area contributed by atoms with E-state index < -0.39 is 24.1 Å². The molecule has 1 saturated carbocycles. The summed E-state index contributed by atoms with van der Waals surface area (Å²) in [6.07, 6.45) is 2.92. The van der Waals surface area contributed by atoms with E-state index in [4.69, 9.17) is 16.3 Å². The van der Waals surface area contributed by atoms with Crippen LogP contribution in [0.2, 0.25) is 5.02 Å². The lowest BCUT2D eigenvalue weighted by molar-refractivity contribution is -0.149. The summed E-state index contributed by atoms with van der Waals surface area (Å²) in [5.41, 5.74) is 0.667.